The molecule has 4 nitrogen and oxygen atoms in total. The predicted molar refractivity (Wildman–Crippen MR) is 126 cm³/mol. The smallest absolute Gasteiger partial charge is 0.238 e. The van der Waals surface area contributed by atoms with E-state index in [1.807, 2.05) is 30.3 Å². The van der Waals surface area contributed by atoms with Gasteiger partial charge in [0, 0.05) is 50.2 Å². The van der Waals surface area contributed by atoms with Crippen LogP contribution < -0.4 is 0 Å². The SMILES string of the molecule is CCC(=O)C(=O)C1=C(c2ccccc2)OC2(CCN(Cc3ccc(C)cc3)CC2)CS1. The minimum Gasteiger partial charge on any atom is -0.484 e. The number of piperidine rings is 1. The van der Waals surface area contributed by atoms with Crippen LogP contribution in [0.1, 0.15) is 42.9 Å². The third-order valence-electron chi connectivity index (χ3n) is 6.12. The quantitative estimate of drug-likeness (QED) is 0.597. The molecule has 0 amide bonds. The van der Waals surface area contributed by atoms with E-state index >= 15 is 0 Å². The van der Waals surface area contributed by atoms with Crippen LogP contribution in [0.3, 0.4) is 0 Å². The first kappa shape index (κ1) is 21.8. The Morgan fingerprint density at radius 2 is 1.71 bits per heavy atom. The number of rotatable bonds is 6. The van der Waals surface area contributed by atoms with Gasteiger partial charge in [-0.2, -0.15) is 0 Å². The fraction of sp³-hybridized carbons (Fsp3) is 0.385. The van der Waals surface area contributed by atoms with Crippen molar-refractivity contribution in [2.75, 3.05) is 18.8 Å². The molecule has 2 aliphatic rings. The molecule has 1 spiro atoms. The first-order chi connectivity index (χ1) is 15.0. The standard InChI is InChI=1S/C26H29NO3S/c1-3-22(28)23(29)25-24(21-7-5-4-6-8-21)30-26(18-31-25)13-15-27(16-14-26)17-20-11-9-19(2)10-12-20/h4-12H,3,13-18H2,1-2H3. The van der Waals surface area contributed by atoms with Gasteiger partial charge in [0.05, 0.1) is 0 Å². The van der Waals surface area contributed by atoms with Crippen LogP contribution in [-0.4, -0.2) is 40.9 Å². The average molecular weight is 436 g/mol. The van der Waals surface area contributed by atoms with E-state index < -0.39 is 5.78 Å². The normalized spacial score (nSPS) is 18.6. The number of nitrogens with zero attached hydrogens (tertiary/aromatic N) is 1. The van der Waals surface area contributed by atoms with E-state index in [9.17, 15) is 9.59 Å². The lowest BCUT2D eigenvalue weighted by atomic mass is 9.92. The molecule has 31 heavy (non-hydrogen) atoms. The highest BCUT2D eigenvalue weighted by molar-refractivity contribution is 8.04. The van der Waals surface area contributed by atoms with Crippen LogP contribution in [0.5, 0.6) is 0 Å². The van der Waals surface area contributed by atoms with E-state index in [0.717, 1.165) is 38.0 Å². The molecule has 2 aromatic rings. The lowest BCUT2D eigenvalue weighted by Crippen LogP contribution is -2.48. The lowest BCUT2D eigenvalue weighted by molar-refractivity contribution is -0.133. The lowest BCUT2D eigenvalue weighted by Gasteiger charge is -2.44. The van der Waals surface area contributed by atoms with Crippen molar-refractivity contribution in [2.45, 2.75) is 45.3 Å². The first-order valence-corrected chi connectivity index (χ1v) is 12.0. The molecule has 0 atom stereocenters. The Hall–Kier alpha value is -2.37. The third kappa shape index (κ3) is 4.94. The molecule has 2 aromatic carbocycles. The molecule has 0 bridgehead atoms. The monoisotopic (exact) mass is 435 g/mol. The Balaban J connectivity index is 1.51. The van der Waals surface area contributed by atoms with Crippen molar-refractivity contribution < 1.29 is 14.3 Å². The summed E-state index contributed by atoms with van der Waals surface area (Å²) in [7, 11) is 0. The van der Waals surface area contributed by atoms with Crippen LogP contribution in [0.25, 0.3) is 5.76 Å². The van der Waals surface area contributed by atoms with Gasteiger partial charge in [-0.3, -0.25) is 14.5 Å². The van der Waals surface area contributed by atoms with Crippen LogP contribution in [0, 0.1) is 6.92 Å². The van der Waals surface area contributed by atoms with E-state index in [4.69, 9.17) is 4.74 Å². The number of ether oxygens (including phenoxy) is 1. The average Bonchev–Trinajstić information content (AvgIpc) is 2.82. The molecule has 4 rings (SSSR count). The number of hydrogen-bond donors (Lipinski definition) is 0. The third-order valence-corrected chi connectivity index (χ3v) is 7.44. The zero-order valence-corrected chi connectivity index (χ0v) is 19.0. The maximum Gasteiger partial charge on any atom is 0.238 e. The Kier molecular flexibility index (Phi) is 6.63. The number of carbonyl (C=O) groups is 2. The van der Waals surface area contributed by atoms with Crippen molar-refractivity contribution >= 4 is 29.1 Å². The number of allylic oxidation sites excluding steroid dienone is 1. The molecule has 5 heteroatoms. The fourth-order valence-corrected chi connectivity index (χ4v) is 5.40. The van der Waals surface area contributed by atoms with Gasteiger partial charge in [-0.05, 0) is 12.5 Å². The van der Waals surface area contributed by atoms with Crippen LogP contribution in [0.15, 0.2) is 59.5 Å². The molecular weight excluding hydrogens is 406 g/mol. The minimum absolute atomic E-state index is 0.212. The largest absolute Gasteiger partial charge is 0.484 e. The Morgan fingerprint density at radius 1 is 1.03 bits per heavy atom. The second-order valence-electron chi connectivity index (χ2n) is 8.47. The van der Waals surface area contributed by atoms with Crippen molar-refractivity contribution in [3.63, 3.8) is 0 Å². The molecule has 2 aliphatic heterocycles. The summed E-state index contributed by atoms with van der Waals surface area (Å²) in [6.45, 7) is 6.68. The van der Waals surface area contributed by atoms with Gasteiger partial charge in [0.1, 0.15) is 16.3 Å². The molecule has 162 valence electrons. The molecule has 0 radical (unpaired) electrons. The molecule has 0 saturated carbocycles. The van der Waals surface area contributed by atoms with Gasteiger partial charge in [0.25, 0.3) is 0 Å². The van der Waals surface area contributed by atoms with Crippen molar-refractivity contribution in [1.82, 2.24) is 4.90 Å². The van der Waals surface area contributed by atoms with Crippen LogP contribution >= 0.6 is 11.8 Å². The number of carbonyl (C=O) groups excluding carboxylic acids is 2. The Morgan fingerprint density at radius 3 is 2.35 bits per heavy atom. The molecule has 1 fully saturated rings. The summed E-state index contributed by atoms with van der Waals surface area (Å²) in [5.41, 5.74) is 3.18. The van der Waals surface area contributed by atoms with E-state index in [1.54, 1.807) is 6.92 Å². The van der Waals surface area contributed by atoms with E-state index in [-0.39, 0.29) is 17.8 Å². The Bertz CT molecular complexity index is 973. The maximum atomic E-state index is 12.7. The number of aryl methyl sites for hydroxylation is 1. The molecule has 0 unspecified atom stereocenters. The number of ketones is 2. The predicted octanol–water partition coefficient (Wildman–Crippen LogP) is 5.01. The van der Waals surface area contributed by atoms with Gasteiger partial charge in [0.2, 0.25) is 11.6 Å². The number of hydrogen-bond acceptors (Lipinski definition) is 5. The van der Waals surface area contributed by atoms with Gasteiger partial charge in [0.15, 0.2) is 0 Å². The van der Waals surface area contributed by atoms with Gasteiger partial charge in [-0.25, -0.2) is 0 Å². The second kappa shape index (κ2) is 9.41. The van der Waals surface area contributed by atoms with Gasteiger partial charge in [-0.1, -0.05) is 67.1 Å². The van der Waals surface area contributed by atoms with E-state index in [1.165, 1.54) is 22.9 Å². The summed E-state index contributed by atoms with van der Waals surface area (Å²) in [5, 5.41) is 0. The second-order valence-corrected chi connectivity index (χ2v) is 9.45. The number of likely N-dealkylation sites (tertiary alicyclic amines) is 1. The van der Waals surface area contributed by atoms with Crippen molar-refractivity contribution in [3.8, 4) is 0 Å². The summed E-state index contributed by atoms with van der Waals surface area (Å²) < 4.78 is 6.60. The van der Waals surface area contributed by atoms with Crippen molar-refractivity contribution in [3.05, 3.63) is 76.2 Å². The summed E-state index contributed by atoms with van der Waals surface area (Å²) in [6, 6.07) is 18.4. The van der Waals surface area contributed by atoms with Gasteiger partial charge >= 0.3 is 0 Å². The van der Waals surface area contributed by atoms with E-state index in [0.29, 0.717) is 16.4 Å². The van der Waals surface area contributed by atoms with Crippen molar-refractivity contribution in [2.24, 2.45) is 0 Å². The maximum absolute atomic E-state index is 12.7. The first-order valence-electron chi connectivity index (χ1n) is 11.0. The minimum atomic E-state index is -0.419. The van der Waals surface area contributed by atoms with Gasteiger partial charge in [-0.15, -0.1) is 11.8 Å². The topological polar surface area (TPSA) is 46.6 Å². The van der Waals surface area contributed by atoms with Crippen LogP contribution in [0.4, 0.5) is 0 Å². The Labute approximate surface area is 188 Å². The molecule has 1 saturated heterocycles. The number of Topliss-reactive ketones (excluding diaryl/α,β-unsaturated/α-hetero) is 2. The number of thioether (sulfide) groups is 1. The van der Waals surface area contributed by atoms with Gasteiger partial charge < -0.3 is 4.74 Å². The molecule has 2 heterocycles. The summed E-state index contributed by atoms with van der Waals surface area (Å²) in [6.07, 6.45) is 2.03. The highest BCUT2D eigenvalue weighted by atomic mass is 32.2. The summed E-state index contributed by atoms with van der Waals surface area (Å²) in [5.74, 6) is 0.511. The molecular formula is C26H29NO3S. The molecule has 0 aromatic heterocycles. The van der Waals surface area contributed by atoms with E-state index in [2.05, 4.69) is 36.1 Å². The number of benzene rings is 2. The molecule has 0 N–H and O–H groups in total. The van der Waals surface area contributed by atoms with Crippen LogP contribution in [-0.2, 0) is 20.9 Å². The fourth-order valence-electron chi connectivity index (χ4n) is 4.11. The summed E-state index contributed by atoms with van der Waals surface area (Å²) in [4.78, 5) is 27.8. The zero-order valence-electron chi connectivity index (χ0n) is 18.2. The highest BCUT2D eigenvalue weighted by Gasteiger charge is 2.43. The molecule has 0 aliphatic carbocycles. The zero-order chi connectivity index (χ0) is 21.8. The van der Waals surface area contributed by atoms with Crippen molar-refractivity contribution in [1.29, 1.82) is 0 Å². The van der Waals surface area contributed by atoms with Crippen LogP contribution in [0.2, 0.25) is 0 Å². The summed E-state index contributed by atoms with van der Waals surface area (Å²) >= 11 is 1.50. The highest BCUT2D eigenvalue weighted by Crippen LogP contribution is 2.44.